The standard InChI is InChI=1S/C21H27FN4O2/c1-25(2)20-23-18-16(19(27)24-20)7-9-21(18)8-4-10-26(13-21)12-14-5-6-15(28-3)11-17(14)22/h5-6,11H,4,7-10,12-13H2,1-3H3,(H,23,24,27). The number of methoxy groups -OCH3 is 1. The first-order valence-electron chi connectivity index (χ1n) is 9.78. The number of likely N-dealkylation sites (tertiary alicyclic amines) is 1. The predicted molar refractivity (Wildman–Crippen MR) is 107 cm³/mol. The summed E-state index contributed by atoms with van der Waals surface area (Å²) in [6.45, 7) is 2.28. The molecule has 6 nitrogen and oxygen atoms in total. The number of aromatic nitrogens is 2. The molecule has 0 radical (unpaired) electrons. The Morgan fingerprint density at radius 2 is 2.18 bits per heavy atom. The normalized spacial score (nSPS) is 21.7. The molecule has 2 heterocycles. The van der Waals surface area contributed by atoms with E-state index < -0.39 is 0 Å². The summed E-state index contributed by atoms with van der Waals surface area (Å²) in [4.78, 5) is 24.4. The predicted octanol–water partition coefficient (Wildman–Crippen LogP) is 2.46. The van der Waals surface area contributed by atoms with Crippen LogP contribution < -0.4 is 15.2 Å². The third-order valence-electron chi connectivity index (χ3n) is 6.09. The quantitative estimate of drug-likeness (QED) is 0.875. The highest BCUT2D eigenvalue weighted by molar-refractivity contribution is 5.39. The molecule has 1 N–H and O–H groups in total. The average Bonchev–Trinajstić information content (AvgIpc) is 3.02. The summed E-state index contributed by atoms with van der Waals surface area (Å²) in [6, 6.07) is 5.03. The molecule has 1 fully saturated rings. The Morgan fingerprint density at radius 1 is 1.36 bits per heavy atom. The molecule has 7 heteroatoms. The number of rotatable bonds is 4. The third-order valence-corrected chi connectivity index (χ3v) is 6.09. The van der Waals surface area contributed by atoms with Gasteiger partial charge in [-0.1, -0.05) is 6.07 Å². The number of ether oxygens (including phenoxy) is 1. The van der Waals surface area contributed by atoms with Crippen LogP contribution in [0.4, 0.5) is 10.3 Å². The number of piperidine rings is 1. The van der Waals surface area contributed by atoms with E-state index in [4.69, 9.17) is 9.72 Å². The van der Waals surface area contributed by atoms with Crippen molar-refractivity contribution in [2.24, 2.45) is 0 Å². The molecule has 4 rings (SSSR count). The van der Waals surface area contributed by atoms with Crippen molar-refractivity contribution in [1.29, 1.82) is 0 Å². The molecule has 2 aliphatic rings. The molecule has 1 aromatic heterocycles. The summed E-state index contributed by atoms with van der Waals surface area (Å²) in [5.74, 6) is 0.888. The summed E-state index contributed by atoms with van der Waals surface area (Å²) >= 11 is 0. The second-order valence-corrected chi connectivity index (χ2v) is 8.16. The van der Waals surface area contributed by atoms with Crippen molar-refractivity contribution < 1.29 is 9.13 Å². The summed E-state index contributed by atoms with van der Waals surface area (Å²) in [7, 11) is 5.30. The maximum atomic E-state index is 14.4. The minimum absolute atomic E-state index is 0.0242. The molecular formula is C21H27FN4O2. The fourth-order valence-electron chi connectivity index (χ4n) is 4.63. The molecule has 0 amide bonds. The van der Waals surface area contributed by atoms with Gasteiger partial charge in [0, 0.05) is 49.8 Å². The zero-order chi connectivity index (χ0) is 19.9. The van der Waals surface area contributed by atoms with Crippen LogP contribution in [-0.4, -0.2) is 49.2 Å². The van der Waals surface area contributed by atoms with Crippen LogP contribution in [0.15, 0.2) is 23.0 Å². The molecular weight excluding hydrogens is 359 g/mol. The molecule has 2 aromatic rings. The Kier molecular flexibility index (Phi) is 4.87. The topological polar surface area (TPSA) is 61.5 Å². The van der Waals surface area contributed by atoms with Crippen LogP contribution in [0.5, 0.6) is 5.75 Å². The Labute approximate surface area is 164 Å². The van der Waals surface area contributed by atoms with Gasteiger partial charge in [0.25, 0.3) is 5.56 Å². The van der Waals surface area contributed by atoms with Crippen molar-refractivity contribution >= 4 is 5.95 Å². The highest BCUT2D eigenvalue weighted by Gasteiger charge is 2.44. The van der Waals surface area contributed by atoms with Crippen molar-refractivity contribution in [2.45, 2.75) is 37.6 Å². The van der Waals surface area contributed by atoms with Crippen molar-refractivity contribution in [2.75, 3.05) is 39.2 Å². The summed E-state index contributed by atoms with van der Waals surface area (Å²) in [5, 5.41) is 0. The number of hydrogen-bond acceptors (Lipinski definition) is 5. The van der Waals surface area contributed by atoms with E-state index >= 15 is 0 Å². The van der Waals surface area contributed by atoms with Crippen molar-refractivity contribution in [3.8, 4) is 5.75 Å². The van der Waals surface area contributed by atoms with Gasteiger partial charge in [0.1, 0.15) is 11.6 Å². The van der Waals surface area contributed by atoms with Gasteiger partial charge in [-0.15, -0.1) is 0 Å². The maximum Gasteiger partial charge on any atom is 0.255 e. The largest absolute Gasteiger partial charge is 0.497 e. The fourth-order valence-corrected chi connectivity index (χ4v) is 4.63. The second kappa shape index (κ2) is 7.20. The Bertz CT molecular complexity index is 942. The van der Waals surface area contributed by atoms with E-state index in [-0.39, 0.29) is 16.8 Å². The molecule has 1 saturated heterocycles. The van der Waals surface area contributed by atoms with E-state index in [1.54, 1.807) is 12.1 Å². The first-order valence-corrected chi connectivity index (χ1v) is 9.78. The highest BCUT2D eigenvalue weighted by atomic mass is 19.1. The lowest BCUT2D eigenvalue weighted by Crippen LogP contribution is -2.45. The van der Waals surface area contributed by atoms with E-state index in [0.717, 1.165) is 50.0 Å². The van der Waals surface area contributed by atoms with Crippen LogP contribution >= 0.6 is 0 Å². The maximum absolute atomic E-state index is 14.4. The van der Waals surface area contributed by atoms with E-state index in [9.17, 15) is 9.18 Å². The summed E-state index contributed by atoms with van der Waals surface area (Å²) < 4.78 is 19.5. The van der Waals surface area contributed by atoms with E-state index in [2.05, 4.69) is 9.88 Å². The zero-order valence-electron chi connectivity index (χ0n) is 16.7. The van der Waals surface area contributed by atoms with Gasteiger partial charge >= 0.3 is 0 Å². The van der Waals surface area contributed by atoms with Gasteiger partial charge in [-0.25, -0.2) is 9.37 Å². The Hall–Kier alpha value is -2.41. The summed E-state index contributed by atoms with van der Waals surface area (Å²) in [5.41, 5.74) is 2.30. The molecule has 0 saturated carbocycles. The van der Waals surface area contributed by atoms with Gasteiger partial charge in [0.2, 0.25) is 5.95 Å². The van der Waals surface area contributed by atoms with Gasteiger partial charge < -0.3 is 9.64 Å². The second-order valence-electron chi connectivity index (χ2n) is 8.16. The minimum Gasteiger partial charge on any atom is -0.497 e. The molecule has 1 unspecified atom stereocenters. The minimum atomic E-state index is -0.241. The van der Waals surface area contributed by atoms with Crippen molar-refractivity contribution in [1.82, 2.24) is 14.9 Å². The molecule has 150 valence electrons. The van der Waals surface area contributed by atoms with Crippen LogP contribution in [0.3, 0.4) is 0 Å². The number of nitrogens with one attached hydrogen (secondary N) is 1. The van der Waals surface area contributed by atoms with Crippen molar-refractivity contribution in [3.05, 3.63) is 51.2 Å². The lowest BCUT2D eigenvalue weighted by molar-refractivity contribution is 0.135. The monoisotopic (exact) mass is 386 g/mol. The number of H-pyrrole nitrogens is 1. The SMILES string of the molecule is COc1ccc(CN2CCCC3(CCc4c3nc(N(C)C)[nH]c4=O)C2)c(F)c1. The number of benzene rings is 1. The zero-order valence-corrected chi connectivity index (χ0v) is 16.7. The van der Waals surface area contributed by atoms with Gasteiger partial charge in [-0.05, 0) is 38.3 Å². The highest BCUT2D eigenvalue weighted by Crippen LogP contribution is 2.43. The molecule has 1 aromatic carbocycles. The average molecular weight is 386 g/mol. The number of nitrogens with zero attached hydrogens (tertiary/aromatic N) is 3. The van der Waals surface area contributed by atoms with Crippen molar-refractivity contribution in [3.63, 3.8) is 0 Å². The lowest BCUT2D eigenvalue weighted by Gasteiger charge is -2.40. The Balaban J connectivity index is 1.61. The van der Waals surface area contributed by atoms with Crippen LogP contribution in [0, 0.1) is 5.82 Å². The molecule has 1 spiro atoms. The number of halogens is 1. The molecule has 1 aliphatic carbocycles. The molecule has 0 bridgehead atoms. The van der Waals surface area contributed by atoms with Gasteiger partial charge in [-0.3, -0.25) is 14.7 Å². The van der Waals surface area contributed by atoms with Crippen LogP contribution in [0.2, 0.25) is 0 Å². The van der Waals surface area contributed by atoms with Gasteiger partial charge in [0.05, 0.1) is 12.8 Å². The summed E-state index contributed by atoms with van der Waals surface area (Å²) in [6.07, 6.45) is 3.72. The fraction of sp³-hybridized carbons (Fsp3) is 0.524. The first kappa shape index (κ1) is 18.9. The van der Waals surface area contributed by atoms with E-state index in [1.807, 2.05) is 19.0 Å². The number of fused-ring (bicyclic) bond motifs is 2. The Morgan fingerprint density at radius 3 is 2.89 bits per heavy atom. The number of anilines is 1. The van der Waals surface area contributed by atoms with Crippen LogP contribution in [0.1, 0.15) is 36.1 Å². The molecule has 1 atom stereocenters. The third kappa shape index (κ3) is 3.28. The number of aromatic amines is 1. The van der Waals surface area contributed by atoms with Gasteiger partial charge in [-0.2, -0.15) is 0 Å². The van der Waals surface area contributed by atoms with Gasteiger partial charge in [0.15, 0.2) is 0 Å². The van der Waals surface area contributed by atoms with Crippen LogP contribution in [-0.2, 0) is 18.4 Å². The van der Waals surface area contributed by atoms with E-state index in [0.29, 0.717) is 23.8 Å². The smallest absolute Gasteiger partial charge is 0.255 e. The molecule has 28 heavy (non-hydrogen) atoms. The first-order chi connectivity index (χ1) is 13.4. The number of hydrogen-bond donors (Lipinski definition) is 1. The molecule has 1 aliphatic heterocycles. The van der Waals surface area contributed by atoms with E-state index in [1.165, 1.54) is 13.2 Å². The lowest BCUT2D eigenvalue weighted by atomic mass is 9.77. The van der Waals surface area contributed by atoms with Crippen LogP contribution in [0.25, 0.3) is 0 Å².